The molecule has 0 N–H and O–H groups in total. The summed E-state index contributed by atoms with van der Waals surface area (Å²) in [5.41, 5.74) is 0. The predicted molar refractivity (Wildman–Crippen MR) is 244 cm³/mol. The summed E-state index contributed by atoms with van der Waals surface area (Å²) in [6, 6.07) is 5.96. The molecule has 332 valence electrons. The Kier molecular flexibility index (Phi) is 33.5. The van der Waals surface area contributed by atoms with Gasteiger partial charge >= 0.3 is 354 Å². The zero-order valence-electron chi connectivity index (χ0n) is 39.7. The molecule has 0 amide bonds. The molecule has 0 aliphatic rings. The summed E-state index contributed by atoms with van der Waals surface area (Å²) in [4.78, 5) is 0. The summed E-state index contributed by atoms with van der Waals surface area (Å²) in [6.07, 6.45) is 28.3. The predicted octanol–water partition coefficient (Wildman–Crippen LogP) is 17.9. The fraction of sp³-hybridized carbons (Fsp3) is 1.00. The van der Waals surface area contributed by atoms with Gasteiger partial charge in [-0.1, -0.05) is 0 Å². The van der Waals surface area contributed by atoms with E-state index in [2.05, 4.69) is 83.1 Å². The first-order chi connectivity index (χ1) is 26.4. The topological polar surface area (TPSA) is 52.6 Å². The number of hydrogen-bond donors (Lipinski definition) is 0. The Bertz CT molecular complexity index is 814. The van der Waals surface area contributed by atoms with Gasteiger partial charge in [-0.25, -0.2) is 0 Å². The van der Waals surface area contributed by atoms with Gasteiger partial charge < -0.3 is 0 Å². The number of unbranched alkanes of at least 4 members (excludes halogenated alkanes) is 6. The molecule has 6 atom stereocenters. The molecule has 0 spiro atoms. The van der Waals surface area contributed by atoms with Crippen molar-refractivity contribution in [2.45, 2.75) is 273 Å². The molecule has 0 saturated heterocycles. The molecule has 0 fully saturated rings. The Labute approximate surface area is 352 Å². The molecule has 0 radical (unpaired) electrons. The van der Waals surface area contributed by atoms with Gasteiger partial charge in [-0.05, 0) is 0 Å². The van der Waals surface area contributed by atoms with E-state index in [1.54, 1.807) is 0 Å². The summed E-state index contributed by atoms with van der Waals surface area (Å²) < 4.78 is 45.5. The summed E-state index contributed by atoms with van der Waals surface area (Å²) in [7, 11) is -5.60. The molecule has 7 heteroatoms. The third-order valence-electron chi connectivity index (χ3n) is 13.8. The molecule has 4 nitrogen and oxygen atoms in total. The van der Waals surface area contributed by atoms with Gasteiger partial charge in [0.2, 0.25) is 0 Å². The molecule has 0 aromatic heterocycles. The van der Waals surface area contributed by atoms with E-state index in [0.29, 0.717) is 35.5 Å². The first-order valence-corrected chi connectivity index (χ1v) is 32.2. The molecule has 55 heavy (non-hydrogen) atoms. The van der Waals surface area contributed by atoms with Crippen LogP contribution in [-0.4, -0.2) is 16.6 Å². The summed E-state index contributed by atoms with van der Waals surface area (Å²) >= 11 is -5.26. The van der Waals surface area contributed by atoms with Crippen molar-refractivity contribution >= 4 is 16.6 Å². The Balaban J connectivity index is 7.69. The van der Waals surface area contributed by atoms with E-state index in [1.807, 2.05) is 0 Å². The van der Waals surface area contributed by atoms with E-state index in [9.17, 15) is 0 Å². The van der Waals surface area contributed by atoms with Crippen molar-refractivity contribution in [1.29, 1.82) is 0 Å². The van der Waals surface area contributed by atoms with Crippen LogP contribution in [0.4, 0.5) is 0 Å². The molecule has 0 bridgehead atoms. The van der Waals surface area contributed by atoms with E-state index < -0.39 is 30.2 Å². The second kappa shape index (κ2) is 33.2. The fourth-order valence-corrected chi connectivity index (χ4v) is 28.1. The molecular weight excluding hydrogens is 749 g/mol. The van der Waals surface area contributed by atoms with Crippen LogP contribution in [0.3, 0.4) is 0 Å². The van der Waals surface area contributed by atoms with Gasteiger partial charge in [-0.3, -0.25) is 0 Å². The van der Waals surface area contributed by atoms with Crippen molar-refractivity contribution < 1.29 is 28.2 Å². The zero-order chi connectivity index (χ0) is 41.6. The zero-order valence-corrected chi connectivity index (χ0v) is 43.0. The Morgan fingerprint density at radius 2 is 0.491 bits per heavy atom. The monoisotopic (exact) mass is 851 g/mol. The van der Waals surface area contributed by atoms with Crippen LogP contribution in [0.25, 0.3) is 0 Å². The molecule has 6 unspecified atom stereocenters. The minimum atomic E-state index is -5.26. The van der Waals surface area contributed by atoms with Crippen molar-refractivity contribution in [3.8, 4) is 0 Å². The maximum atomic E-state index is 15.5. The number of rotatable bonds is 40. The van der Waals surface area contributed by atoms with E-state index in [0.717, 1.165) is 74.8 Å². The van der Waals surface area contributed by atoms with Gasteiger partial charge in [0, 0.05) is 0 Å². The van der Waals surface area contributed by atoms with Crippen LogP contribution in [0.15, 0.2) is 0 Å². The van der Waals surface area contributed by atoms with Gasteiger partial charge in [-0.15, -0.1) is 0 Å². The van der Waals surface area contributed by atoms with Crippen LogP contribution < -0.4 is 0 Å². The molecule has 0 aromatic rings. The van der Waals surface area contributed by atoms with E-state index in [4.69, 9.17) is 6.96 Å². The quantitative estimate of drug-likeness (QED) is 0.0576. The summed E-state index contributed by atoms with van der Waals surface area (Å²) in [5.74, 6) is 3.19. The SMILES string of the molecule is CCCCC(CC)C[Si](CC(CC)CCCC)(CC(CC)CCCC)[O][Cr](=[O])(=[O])[O][Si](CC(CC)CCCC)(CC(CC)CCCC)CC(CC)CCCC. The molecule has 0 aliphatic carbocycles. The standard InChI is InChI=1S/2C24H51OSi.Cr.2O/c2*1-7-13-16-22(10-4)19-26(25,20-23(11-5)17-14-8-2)21-24(12-6)18-15-9-3;;;/h2*22-24H,7-21H2,1-6H3;;;/q2*-1;+2;;. The first kappa shape index (κ1) is 55.5. The van der Waals surface area contributed by atoms with Crippen molar-refractivity contribution in [2.24, 2.45) is 35.5 Å². The van der Waals surface area contributed by atoms with Gasteiger partial charge in [0.15, 0.2) is 0 Å². The van der Waals surface area contributed by atoms with E-state index in [-0.39, 0.29) is 0 Å². The first-order valence-electron chi connectivity index (χ1n) is 25.0. The molecule has 0 aliphatic heterocycles. The third-order valence-corrected chi connectivity index (χ3v) is 28.1. The molecule has 0 aromatic carbocycles. The Morgan fingerprint density at radius 3 is 0.618 bits per heavy atom. The van der Waals surface area contributed by atoms with Crippen LogP contribution in [0.1, 0.15) is 237 Å². The Morgan fingerprint density at radius 1 is 0.327 bits per heavy atom. The second-order valence-corrected chi connectivity index (χ2v) is 29.0. The average molecular weight is 852 g/mol. The summed E-state index contributed by atoms with van der Waals surface area (Å²) in [5, 5.41) is 0. The Hall–Kier alpha value is 0.486. The van der Waals surface area contributed by atoms with Crippen molar-refractivity contribution in [3.63, 3.8) is 0 Å². The van der Waals surface area contributed by atoms with Gasteiger partial charge in [0.1, 0.15) is 0 Å². The van der Waals surface area contributed by atoms with Gasteiger partial charge in [-0.2, -0.15) is 0 Å². The van der Waals surface area contributed by atoms with Crippen molar-refractivity contribution in [1.82, 2.24) is 0 Å². The van der Waals surface area contributed by atoms with Crippen LogP contribution >= 0.6 is 0 Å². The van der Waals surface area contributed by atoms with E-state index in [1.165, 1.54) is 116 Å². The van der Waals surface area contributed by atoms with Gasteiger partial charge in [0.25, 0.3) is 0 Å². The van der Waals surface area contributed by atoms with Crippen LogP contribution in [0.2, 0.25) is 36.3 Å². The van der Waals surface area contributed by atoms with E-state index >= 15 is 7.61 Å². The van der Waals surface area contributed by atoms with Crippen molar-refractivity contribution in [3.05, 3.63) is 0 Å². The second-order valence-electron chi connectivity index (χ2n) is 18.7. The molecule has 0 saturated carbocycles. The average Bonchev–Trinajstić information content (AvgIpc) is 3.17. The fourth-order valence-electron chi connectivity index (χ4n) is 9.97. The van der Waals surface area contributed by atoms with Gasteiger partial charge in [0.05, 0.1) is 0 Å². The summed E-state index contributed by atoms with van der Waals surface area (Å²) in [6.45, 7) is 27.9. The maximum absolute atomic E-state index is 15.5. The minimum absolute atomic E-state index is 0.532. The van der Waals surface area contributed by atoms with Crippen LogP contribution in [0.5, 0.6) is 0 Å². The third kappa shape index (κ3) is 24.4. The normalized spacial score (nSPS) is 18.0. The van der Waals surface area contributed by atoms with Crippen LogP contribution in [0, 0.1) is 35.5 Å². The molecule has 0 rings (SSSR count). The van der Waals surface area contributed by atoms with Crippen molar-refractivity contribution in [2.75, 3.05) is 0 Å². The molecular formula is C48H102CrO4Si2. The number of hydrogen-bond acceptors (Lipinski definition) is 4. The van der Waals surface area contributed by atoms with Crippen LogP contribution in [-0.2, 0) is 28.2 Å². The molecule has 0 heterocycles.